The SMILES string of the molecule is CC(C)(C)C1CCCCC1(CO)NCc1ccccc1. The third-order valence-electron chi connectivity index (χ3n) is 4.85. The summed E-state index contributed by atoms with van der Waals surface area (Å²) in [4.78, 5) is 0. The minimum Gasteiger partial charge on any atom is -0.394 e. The molecule has 2 heteroatoms. The van der Waals surface area contributed by atoms with E-state index in [1.807, 2.05) is 6.07 Å². The first kappa shape index (κ1) is 15.5. The standard InChI is InChI=1S/C18H29NO/c1-17(2,3)16-11-7-8-12-18(16,14-20)19-13-15-9-5-4-6-10-15/h4-6,9-10,16,19-20H,7-8,11-14H2,1-3H3. The molecule has 2 atom stereocenters. The van der Waals surface area contributed by atoms with E-state index in [2.05, 4.69) is 50.4 Å². The van der Waals surface area contributed by atoms with E-state index in [1.165, 1.54) is 24.8 Å². The average Bonchev–Trinajstić information content (AvgIpc) is 2.45. The Balaban J connectivity index is 2.13. The van der Waals surface area contributed by atoms with Crippen molar-refractivity contribution in [2.24, 2.45) is 11.3 Å². The third-order valence-corrected chi connectivity index (χ3v) is 4.85. The summed E-state index contributed by atoms with van der Waals surface area (Å²) in [6.07, 6.45) is 4.80. The molecule has 20 heavy (non-hydrogen) atoms. The number of hydrogen-bond donors (Lipinski definition) is 2. The molecule has 0 bridgehead atoms. The lowest BCUT2D eigenvalue weighted by molar-refractivity contribution is 0.00648. The van der Waals surface area contributed by atoms with E-state index in [9.17, 15) is 5.11 Å². The summed E-state index contributed by atoms with van der Waals surface area (Å²) in [6, 6.07) is 10.5. The van der Waals surface area contributed by atoms with Crippen LogP contribution in [0.3, 0.4) is 0 Å². The predicted octanol–water partition coefficient (Wildman–Crippen LogP) is 3.74. The van der Waals surface area contributed by atoms with Gasteiger partial charge in [0.2, 0.25) is 0 Å². The molecule has 0 saturated heterocycles. The number of hydrogen-bond acceptors (Lipinski definition) is 2. The smallest absolute Gasteiger partial charge is 0.0616 e. The zero-order valence-electron chi connectivity index (χ0n) is 13.2. The van der Waals surface area contributed by atoms with Crippen LogP contribution in [0.5, 0.6) is 0 Å². The Morgan fingerprint density at radius 1 is 1.20 bits per heavy atom. The van der Waals surface area contributed by atoms with Gasteiger partial charge in [0.1, 0.15) is 0 Å². The highest BCUT2D eigenvalue weighted by Crippen LogP contribution is 2.44. The molecule has 0 spiro atoms. The molecule has 2 N–H and O–H groups in total. The minimum atomic E-state index is -0.119. The van der Waals surface area contributed by atoms with Gasteiger partial charge in [0, 0.05) is 12.1 Å². The molecule has 1 aliphatic rings. The summed E-state index contributed by atoms with van der Waals surface area (Å²) < 4.78 is 0. The molecule has 1 aliphatic carbocycles. The molecular formula is C18H29NO. The van der Waals surface area contributed by atoms with Crippen LogP contribution in [0.1, 0.15) is 52.0 Å². The molecule has 1 aromatic rings. The zero-order valence-corrected chi connectivity index (χ0v) is 13.2. The van der Waals surface area contributed by atoms with Crippen molar-refractivity contribution in [2.75, 3.05) is 6.61 Å². The lowest BCUT2D eigenvalue weighted by atomic mass is 9.62. The Kier molecular flexibility index (Phi) is 4.87. The molecule has 0 aromatic heterocycles. The highest BCUT2D eigenvalue weighted by Gasteiger charge is 2.45. The molecule has 1 aromatic carbocycles. The van der Waals surface area contributed by atoms with Crippen LogP contribution in [-0.2, 0) is 6.54 Å². The van der Waals surface area contributed by atoms with Gasteiger partial charge in [-0.25, -0.2) is 0 Å². The molecule has 2 unspecified atom stereocenters. The van der Waals surface area contributed by atoms with Gasteiger partial charge < -0.3 is 10.4 Å². The Morgan fingerprint density at radius 2 is 1.90 bits per heavy atom. The second-order valence-corrected chi connectivity index (χ2v) is 7.32. The molecule has 2 rings (SSSR count). The second kappa shape index (κ2) is 6.28. The molecule has 112 valence electrons. The van der Waals surface area contributed by atoms with E-state index in [0.29, 0.717) is 5.92 Å². The highest BCUT2D eigenvalue weighted by molar-refractivity contribution is 5.15. The Morgan fingerprint density at radius 3 is 2.50 bits per heavy atom. The highest BCUT2D eigenvalue weighted by atomic mass is 16.3. The van der Waals surface area contributed by atoms with Crippen LogP contribution in [-0.4, -0.2) is 17.3 Å². The fourth-order valence-electron chi connectivity index (χ4n) is 3.83. The predicted molar refractivity (Wildman–Crippen MR) is 84.5 cm³/mol. The first-order valence-corrected chi connectivity index (χ1v) is 7.88. The number of rotatable bonds is 4. The van der Waals surface area contributed by atoms with Crippen molar-refractivity contribution in [3.05, 3.63) is 35.9 Å². The number of aliphatic hydroxyl groups excluding tert-OH is 1. The summed E-state index contributed by atoms with van der Waals surface area (Å²) in [6.45, 7) is 7.99. The normalized spacial score (nSPS) is 27.5. The number of aliphatic hydroxyl groups is 1. The first-order chi connectivity index (χ1) is 9.48. The van der Waals surface area contributed by atoms with Crippen molar-refractivity contribution >= 4 is 0 Å². The second-order valence-electron chi connectivity index (χ2n) is 7.32. The van der Waals surface area contributed by atoms with Gasteiger partial charge in [0.25, 0.3) is 0 Å². The van der Waals surface area contributed by atoms with Gasteiger partial charge in [0.05, 0.1) is 6.61 Å². The molecule has 0 heterocycles. The first-order valence-electron chi connectivity index (χ1n) is 7.88. The van der Waals surface area contributed by atoms with E-state index < -0.39 is 0 Å². The number of benzene rings is 1. The third kappa shape index (κ3) is 3.42. The quantitative estimate of drug-likeness (QED) is 0.877. The molecule has 0 amide bonds. The summed E-state index contributed by atoms with van der Waals surface area (Å²) in [5.41, 5.74) is 1.40. The number of nitrogens with one attached hydrogen (secondary N) is 1. The zero-order chi connectivity index (χ0) is 14.6. The fourth-order valence-corrected chi connectivity index (χ4v) is 3.83. The molecule has 2 nitrogen and oxygen atoms in total. The van der Waals surface area contributed by atoms with Gasteiger partial charge in [-0.05, 0) is 29.7 Å². The summed E-state index contributed by atoms with van der Waals surface area (Å²) >= 11 is 0. The lowest BCUT2D eigenvalue weighted by Crippen LogP contribution is -2.59. The maximum atomic E-state index is 10.1. The Hall–Kier alpha value is -0.860. The summed E-state index contributed by atoms with van der Waals surface area (Å²) in [7, 11) is 0. The maximum absolute atomic E-state index is 10.1. The van der Waals surface area contributed by atoms with E-state index in [1.54, 1.807) is 0 Å². The summed E-state index contributed by atoms with van der Waals surface area (Å²) in [5, 5.41) is 13.8. The van der Waals surface area contributed by atoms with Crippen molar-refractivity contribution in [3.63, 3.8) is 0 Å². The van der Waals surface area contributed by atoms with Crippen molar-refractivity contribution < 1.29 is 5.11 Å². The van der Waals surface area contributed by atoms with Crippen LogP contribution < -0.4 is 5.32 Å². The van der Waals surface area contributed by atoms with Crippen molar-refractivity contribution in [2.45, 2.75) is 58.5 Å². The van der Waals surface area contributed by atoms with Gasteiger partial charge in [0.15, 0.2) is 0 Å². The molecule has 0 aliphatic heterocycles. The van der Waals surface area contributed by atoms with Gasteiger partial charge >= 0.3 is 0 Å². The van der Waals surface area contributed by atoms with Gasteiger partial charge in [-0.1, -0.05) is 63.9 Å². The Labute approximate surface area is 123 Å². The molecule has 1 saturated carbocycles. The Bertz CT molecular complexity index is 409. The molecular weight excluding hydrogens is 246 g/mol. The lowest BCUT2D eigenvalue weighted by Gasteiger charge is -2.50. The molecule has 0 radical (unpaired) electrons. The topological polar surface area (TPSA) is 32.3 Å². The van der Waals surface area contributed by atoms with Gasteiger partial charge in [-0.3, -0.25) is 0 Å². The van der Waals surface area contributed by atoms with Crippen molar-refractivity contribution in [1.82, 2.24) is 5.32 Å². The van der Waals surface area contributed by atoms with Crippen molar-refractivity contribution in [3.8, 4) is 0 Å². The van der Waals surface area contributed by atoms with E-state index >= 15 is 0 Å². The van der Waals surface area contributed by atoms with E-state index in [4.69, 9.17) is 0 Å². The average molecular weight is 275 g/mol. The van der Waals surface area contributed by atoms with E-state index in [-0.39, 0.29) is 17.6 Å². The maximum Gasteiger partial charge on any atom is 0.0616 e. The van der Waals surface area contributed by atoms with Crippen LogP contribution in [0.15, 0.2) is 30.3 Å². The monoisotopic (exact) mass is 275 g/mol. The van der Waals surface area contributed by atoms with Crippen LogP contribution in [0.4, 0.5) is 0 Å². The minimum absolute atomic E-state index is 0.119. The van der Waals surface area contributed by atoms with Crippen LogP contribution >= 0.6 is 0 Å². The van der Waals surface area contributed by atoms with Crippen LogP contribution in [0.2, 0.25) is 0 Å². The van der Waals surface area contributed by atoms with Gasteiger partial charge in [-0.2, -0.15) is 0 Å². The van der Waals surface area contributed by atoms with Crippen LogP contribution in [0, 0.1) is 11.3 Å². The van der Waals surface area contributed by atoms with E-state index in [0.717, 1.165) is 13.0 Å². The summed E-state index contributed by atoms with van der Waals surface area (Å²) in [5.74, 6) is 0.525. The molecule has 1 fully saturated rings. The van der Waals surface area contributed by atoms with Crippen LogP contribution in [0.25, 0.3) is 0 Å². The van der Waals surface area contributed by atoms with Gasteiger partial charge in [-0.15, -0.1) is 0 Å². The largest absolute Gasteiger partial charge is 0.394 e. The fraction of sp³-hybridized carbons (Fsp3) is 0.667. The van der Waals surface area contributed by atoms with Crippen molar-refractivity contribution in [1.29, 1.82) is 0 Å².